The van der Waals surface area contributed by atoms with Crippen LogP contribution in [0.15, 0.2) is 24.4 Å². The molecule has 2 unspecified atom stereocenters. The molecule has 1 rings (SSSR count). The molecule has 0 amide bonds. The molecule has 0 aliphatic rings. The number of nitrogens with one attached hydrogen (secondary N) is 1. The molecule has 3 nitrogen and oxygen atoms in total. The van der Waals surface area contributed by atoms with E-state index in [1.165, 1.54) is 0 Å². The highest BCUT2D eigenvalue weighted by molar-refractivity contribution is 5.09. The van der Waals surface area contributed by atoms with E-state index < -0.39 is 18.8 Å². The van der Waals surface area contributed by atoms with Gasteiger partial charge in [-0.05, 0) is 18.1 Å². The minimum atomic E-state index is -4.60. The number of alkyl halides is 3. The zero-order valence-corrected chi connectivity index (χ0v) is 10.3. The van der Waals surface area contributed by atoms with Crippen LogP contribution in [-0.2, 0) is 0 Å². The number of aliphatic hydroxyl groups excluding tert-OH is 1. The monoisotopic (exact) mass is 262 g/mol. The van der Waals surface area contributed by atoms with Gasteiger partial charge in [0.1, 0.15) is 0 Å². The van der Waals surface area contributed by atoms with Crippen molar-refractivity contribution in [3.8, 4) is 0 Å². The molecule has 0 fully saturated rings. The maximum Gasteiger partial charge on any atom is 0.415 e. The first-order valence-corrected chi connectivity index (χ1v) is 5.71. The SMILES string of the molecule is CC(C)C(NCC(O)C(F)(F)F)c1ccccn1. The topological polar surface area (TPSA) is 45.1 Å². The van der Waals surface area contributed by atoms with Crippen molar-refractivity contribution in [3.05, 3.63) is 30.1 Å². The van der Waals surface area contributed by atoms with Crippen molar-refractivity contribution < 1.29 is 18.3 Å². The number of hydrogen-bond acceptors (Lipinski definition) is 3. The van der Waals surface area contributed by atoms with Crippen molar-refractivity contribution in [2.24, 2.45) is 5.92 Å². The van der Waals surface area contributed by atoms with Crippen molar-refractivity contribution in [3.63, 3.8) is 0 Å². The van der Waals surface area contributed by atoms with Gasteiger partial charge in [-0.3, -0.25) is 4.98 Å². The van der Waals surface area contributed by atoms with Crippen LogP contribution < -0.4 is 5.32 Å². The normalized spacial score (nSPS) is 15.7. The van der Waals surface area contributed by atoms with Crippen LogP contribution in [0.5, 0.6) is 0 Å². The third kappa shape index (κ3) is 4.27. The van der Waals surface area contributed by atoms with Crippen molar-refractivity contribution >= 4 is 0 Å². The van der Waals surface area contributed by atoms with E-state index in [1.54, 1.807) is 24.4 Å². The number of aliphatic hydroxyl groups is 1. The average Bonchev–Trinajstić information content (AvgIpc) is 2.28. The van der Waals surface area contributed by atoms with Gasteiger partial charge in [-0.25, -0.2) is 0 Å². The minimum Gasteiger partial charge on any atom is -0.382 e. The quantitative estimate of drug-likeness (QED) is 0.855. The lowest BCUT2D eigenvalue weighted by Crippen LogP contribution is -2.41. The molecule has 1 aromatic heterocycles. The first-order valence-electron chi connectivity index (χ1n) is 5.71. The summed E-state index contributed by atoms with van der Waals surface area (Å²) >= 11 is 0. The number of halogens is 3. The maximum absolute atomic E-state index is 12.2. The van der Waals surface area contributed by atoms with Crippen LogP contribution in [0.4, 0.5) is 13.2 Å². The molecule has 1 aromatic rings. The van der Waals surface area contributed by atoms with Crippen LogP contribution >= 0.6 is 0 Å². The lowest BCUT2D eigenvalue weighted by atomic mass is 10.00. The molecule has 0 saturated carbocycles. The second-order valence-corrected chi connectivity index (χ2v) is 4.44. The fourth-order valence-corrected chi connectivity index (χ4v) is 1.60. The Morgan fingerprint density at radius 2 is 2.00 bits per heavy atom. The minimum absolute atomic E-state index is 0.0698. The van der Waals surface area contributed by atoms with E-state index in [0.29, 0.717) is 5.69 Å². The van der Waals surface area contributed by atoms with Crippen molar-refractivity contribution in [2.45, 2.75) is 32.2 Å². The summed E-state index contributed by atoms with van der Waals surface area (Å²) in [5.74, 6) is 0.0698. The van der Waals surface area contributed by atoms with Crippen LogP contribution in [-0.4, -0.2) is 28.9 Å². The Bertz CT molecular complexity index is 354. The summed E-state index contributed by atoms with van der Waals surface area (Å²) in [6.07, 6.45) is -5.37. The lowest BCUT2D eigenvalue weighted by molar-refractivity contribution is -0.202. The Balaban J connectivity index is 2.66. The van der Waals surface area contributed by atoms with E-state index in [4.69, 9.17) is 5.11 Å². The third-order valence-electron chi connectivity index (χ3n) is 2.58. The molecule has 2 atom stereocenters. The molecule has 0 spiro atoms. The van der Waals surface area contributed by atoms with E-state index in [0.717, 1.165) is 0 Å². The number of rotatable bonds is 5. The van der Waals surface area contributed by atoms with Gasteiger partial charge in [0.2, 0.25) is 0 Å². The summed E-state index contributed by atoms with van der Waals surface area (Å²) in [5.41, 5.74) is 0.668. The van der Waals surface area contributed by atoms with E-state index in [9.17, 15) is 13.2 Å². The number of nitrogens with zero attached hydrogens (tertiary/aromatic N) is 1. The smallest absolute Gasteiger partial charge is 0.382 e. The zero-order valence-electron chi connectivity index (χ0n) is 10.3. The van der Waals surface area contributed by atoms with Crippen molar-refractivity contribution in [2.75, 3.05) is 6.54 Å². The largest absolute Gasteiger partial charge is 0.415 e. The van der Waals surface area contributed by atoms with Gasteiger partial charge in [0, 0.05) is 12.7 Å². The summed E-state index contributed by atoms with van der Waals surface area (Å²) in [6.45, 7) is 3.22. The van der Waals surface area contributed by atoms with Gasteiger partial charge in [0.15, 0.2) is 6.10 Å². The maximum atomic E-state index is 12.2. The molecule has 0 aliphatic heterocycles. The zero-order chi connectivity index (χ0) is 13.8. The fraction of sp³-hybridized carbons (Fsp3) is 0.583. The lowest BCUT2D eigenvalue weighted by Gasteiger charge is -2.24. The molecule has 1 heterocycles. The van der Waals surface area contributed by atoms with Gasteiger partial charge in [0.25, 0.3) is 0 Å². The highest BCUT2D eigenvalue weighted by Gasteiger charge is 2.38. The predicted molar refractivity (Wildman–Crippen MR) is 61.9 cm³/mol. The summed E-state index contributed by atoms with van der Waals surface area (Å²) in [7, 11) is 0. The number of aromatic nitrogens is 1. The van der Waals surface area contributed by atoms with E-state index in [-0.39, 0.29) is 12.0 Å². The fourth-order valence-electron chi connectivity index (χ4n) is 1.60. The molecule has 2 N–H and O–H groups in total. The van der Waals surface area contributed by atoms with Crippen LogP contribution in [0.3, 0.4) is 0 Å². The summed E-state index contributed by atoms with van der Waals surface area (Å²) in [4.78, 5) is 4.12. The molecular formula is C12H17F3N2O. The second-order valence-electron chi connectivity index (χ2n) is 4.44. The molecule has 6 heteroatoms. The molecule has 0 radical (unpaired) electrons. The molecular weight excluding hydrogens is 245 g/mol. The first kappa shape index (κ1) is 14.9. The van der Waals surface area contributed by atoms with Gasteiger partial charge in [-0.2, -0.15) is 13.2 Å². The molecule has 0 aromatic carbocycles. The average molecular weight is 262 g/mol. The Labute approximate surface area is 104 Å². The summed E-state index contributed by atoms with van der Waals surface area (Å²) < 4.78 is 36.6. The van der Waals surface area contributed by atoms with Crippen LogP contribution in [0.1, 0.15) is 25.6 Å². The summed E-state index contributed by atoms with van der Waals surface area (Å²) in [6, 6.07) is 4.95. The van der Waals surface area contributed by atoms with Crippen molar-refractivity contribution in [1.82, 2.24) is 10.3 Å². The Morgan fingerprint density at radius 3 is 2.44 bits per heavy atom. The number of hydrogen-bond donors (Lipinski definition) is 2. The highest BCUT2D eigenvalue weighted by atomic mass is 19.4. The predicted octanol–water partition coefficient (Wildman–Crippen LogP) is 2.29. The number of pyridine rings is 1. The highest BCUT2D eigenvalue weighted by Crippen LogP contribution is 2.22. The van der Waals surface area contributed by atoms with Crippen LogP contribution in [0.25, 0.3) is 0 Å². The Hall–Kier alpha value is -1.14. The standard InChI is InChI=1S/C12H17F3N2O/c1-8(2)11(9-5-3-4-6-16-9)17-7-10(18)12(13,14)15/h3-6,8,10-11,17-18H,7H2,1-2H3. The van der Waals surface area contributed by atoms with E-state index >= 15 is 0 Å². The van der Waals surface area contributed by atoms with Gasteiger partial charge < -0.3 is 10.4 Å². The van der Waals surface area contributed by atoms with Crippen LogP contribution in [0.2, 0.25) is 0 Å². The van der Waals surface area contributed by atoms with Gasteiger partial charge >= 0.3 is 6.18 Å². The van der Waals surface area contributed by atoms with E-state index in [2.05, 4.69) is 10.3 Å². The molecule has 0 saturated heterocycles. The molecule has 18 heavy (non-hydrogen) atoms. The van der Waals surface area contributed by atoms with Crippen molar-refractivity contribution in [1.29, 1.82) is 0 Å². The van der Waals surface area contributed by atoms with Gasteiger partial charge in [-0.15, -0.1) is 0 Å². The van der Waals surface area contributed by atoms with Gasteiger partial charge in [-0.1, -0.05) is 19.9 Å². The van der Waals surface area contributed by atoms with Crippen LogP contribution in [0, 0.1) is 5.92 Å². The molecule has 0 bridgehead atoms. The van der Waals surface area contributed by atoms with E-state index in [1.807, 2.05) is 13.8 Å². The Kier molecular flexibility index (Phi) is 5.10. The first-order chi connectivity index (χ1) is 8.32. The molecule has 0 aliphatic carbocycles. The second kappa shape index (κ2) is 6.15. The third-order valence-corrected chi connectivity index (χ3v) is 2.58. The van der Waals surface area contributed by atoms with Gasteiger partial charge in [0.05, 0.1) is 11.7 Å². The summed E-state index contributed by atoms with van der Waals surface area (Å²) in [5, 5.41) is 11.7. The Morgan fingerprint density at radius 1 is 1.33 bits per heavy atom. The molecule has 102 valence electrons.